The van der Waals surface area contributed by atoms with Crippen molar-refractivity contribution in [2.24, 2.45) is 5.92 Å². The van der Waals surface area contributed by atoms with Gasteiger partial charge < -0.3 is 10.1 Å². The van der Waals surface area contributed by atoms with Gasteiger partial charge in [0.15, 0.2) is 0 Å². The minimum atomic E-state index is 0.327. The molecule has 106 valence electrons. The smallest absolute Gasteiger partial charge is 0.0769 e. The Balaban J connectivity index is 2.05. The van der Waals surface area contributed by atoms with E-state index in [4.69, 9.17) is 4.74 Å². The Bertz CT molecular complexity index is 365. The van der Waals surface area contributed by atoms with E-state index >= 15 is 0 Å². The lowest BCUT2D eigenvalue weighted by atomic mass is 9.94. The van der Waals surface area contributed by atoms with Gasteiger partial charge in [-0.15, -0.1) is 0 Å². The van der Waals surface area contributed by atoms with Crippen LogP contribution >= 0.6 is 0 Å². The third-order valence-electron chi connectivity index (χ3n) is 3.88. The van der Waals surface area contributed by atoms with Crippen molar-refractivity contribution in [3.8, 4) is 0 Å². The van der Waals surface area contributed by atoms with E-state index in [0.29, 0.717) is 18.1 Å². The standard InChI is InChI=1S/C17H27NO/c1-13(2)12-14-7-9-15(10-8-14)17(18-3)16-6-4-5-11-19-16/h7-10,13,16-18H,4-6,11-12H2,1-3H3. The fourth-order valence-electron chi connectivity index (χ4n) is 2.93. The minimum Gasteiger partial charge on any atom is -0.376 e. The van der Waals surface area contributed by atoms with Gasteiger partial charge in [-0.3, -0.25) is 0 Å². The SMILES string of the molecule is CNC(c1ccc(CC(C)C)cc1)C1CCCCO1. The molecule has 0 spiro atoms. The topological polar surface area (TPSA) is 21.3 Å². The Morgan fingerprint density at radius 1 is 1.21 bits per heavy atom. The predicted octanol–water partition coefficient (Wildman–Crippen LogP) is 3.71. The summed E-state index contributed by atoms with van der Waals surface area (Å²) in [4.78, 5) is 0. The van der Waals surface area contributed by atoms with Gasteiger partial charge >= 0.3 is 0 Å². The largest absolute Gasteiger partial charge is 0.376 e. The molecule has 19 heavy (non-hydrogen) atoms. The first-order chi connectivity index (χ1) is 9.20. The summed E-state index contributed by atoms with van der Waals surface area (Å²) in [7, 11) is 2.03. The second-order valence-electron chi connectivity index (χ2n) is 6.01. The molecule has 0 aliphatic carbocycles. The second kappa shape index (κ2) is 7.06. The number of rotatable bonds is 5. The second-order valence-corrected chi connectivity index (χ2v) is 6.01. The van der Waals surface area contributed by atoms with Crippen LogP contribution < -0.4 is 5.32 Å². The van der Waals surface area contributed by atoms with E-state index in [9.17, 15) is 0 Å². The molecule has 2 heteroatoms. The molecule has 0 amide bonds. The van der Waals surface area contributed by atoms with Crippen LogP contribution in [0.5, 0.6) is 0 Å². The number of nitrogens with one attached hydrogen (secondary N) is 1. The summed E-state index contributed by atoms with van der Waals surface area (Å²) in [5.41, 5.74) is 2.78. The molecule has 2 nitrogen and oxygen atoms in total. The van der Waals surface area contributed by atoms with Gasteiger partial charge in [-0.2, -0.15) is 0 Å². The predicted molar refractivity (Wildman–Crippen MR) is 80.4 cm³/mol. The summed E-state index contributed by atoms with van der Waals surface area (Å²) in [5.74, 6) is 0.715. The highest BCUT2D eigenvalue weighted by molar-refractivity contribution is 5.26. The van der Waals surface area contributed by atoms with Crippen molar-refractivity contribution < 1.29 is 4.74 Å². The first kappa shape index (κ1) is 14.5. The minimum absolute atomic E-state index is 0.327. The van der Waals surface area contributed by atoms with Crippen LogP contribution in [-0.2, 0) is 11.2 Å². The number of likely N-dealkylation sites (N-methyl/N-ethyl adjacent to an activating group) is 1. The molecule has 2 atom stereocenters. The highest BCUT2D eigenvalue weighted by Crippen LogP contribution is 2.26. The van der Waals surface area contributed by atoms with Gasteiger partial charge in [-0.05, 0) is 49.8 Å². The number of hydrogen-bond acceptors (Lipinski definition) is 2. The summed E-state index contributed by atoms with van der Waals surface area (Å²) in [6, 6.07) is 9.38. The zero-order valence-corrected chi connectivity index (χ0v) is 12.5. The van der Waals surface area contributed by atoms with Gasteiger partial charge in [0.25, 0.3) is 0 Å². The average Bonchev–Trinajstić information content (AvgIpc) is 2.42. The van der Waals surface area contributed by atoms with E-state index in [2.05, 4.69) is 43.4 Å². The van der Waals surface area contributed by atoms with Crippen LogP contribution in [0.1, 0.15) is 50.3 Å². The fraction of sp³-hybridized carbons (Fsp3) is 0.647. The number of hydrogen-bond donors (Lipinski definition) is 1. The molecule has 1 aromatic rings. The zero-order valence-electron chi connectivity index (χ0n) is 12.5. The van der Waals surface area contributed by atoms with Crippen molar-refractivity contribution in [1.82, 2.24) is 5.32 Å². The molecule has 0 saturated carbocycles. The van der Waals surface area contributed by atoms with Crippen LogP contribution in [0.3, 0.4) is 0 Å². The Kier molecular flexibility index (Phi) is 5.41. The molecular formula is C17H27NO. The van der Waals surface area contributed by atoms with Crippen LogP contribution in [0.4, 0.5) is 0 Å². The molecule has 2 unspecified atom stereocenters. The van der Waals surface area contributed by atoms with E-state index in [1.54, 1.807) is 0 Å². The van der Waals surface area contributed by atoms with E-state index in [1.165, 1.54) is 30.4 Å². The maximum absolute atomic E-state index is 5.92. The quantitative estimate of drug-likeness (QED) is 0.872. The molecular weight excluding hydrogens is 234 g/mol. The van der Waals surface area contributed by atoms with Crippen LogP contribution in [0.25, 0.3) is 0 Å². The summed E-state index contributed by atoms with van der Waals surface area (Å²) in [5, 5.41) is 3.42. The average molecular weight is 261 g/mol. The van der Waals surface area contributed by atoms with Gasteiger partial charge in [0, 0.05) is 6.61 Å². The van der Waals surface area contributed by atoms with E-state index < -0.39 is 0 Å². The van der Waals surface area contributed by atoms with Crippen molar-refractivity contribution in [3.05, 3.63) is 35.4 Å². The lowest BCUT2D eigenvalue weighted by molar-refractivity contribution is -0.00662. The molecule has 1 N–H and O–H groups in total. The van der Waals surface area contributed by atoms with E-state index in [0.717, 1.165) is 13.0 Å². The van der Waals surface area contributed by atoms with Crippen molar-refractivity contribution in [3.63, 3.8) is 0 Å². The normalized spacial score (nSPS) is 21.6. The van der Waals surface area contributed by atoms with Gasteiger partial charge in [0.05, 0.1) is 12.1 Å². The lowest BCUT2D eigenvalue weighted by Gasteiger charge is -2.30. The van der Waals surface area contributed by atoms with Crippen molar-refractivity contribution in [2.75, 3.05) is 13.7 Å². The molecule has 0 bridgehead atoms. The molecule has 1 aromatic carbocycles. The van der Waals surface area contributed by atoms with Crippen LogP contribution in [-0.4, -0.2) is 19.8 Å². The number of benzene rings is 1. The van der Waals surface area contributed by atoms with Gasteiger partial charge in [-0.25, -0.2) is 0 Å². The third kappa shape index (κ3) is 4.05. The zero-order chi connectivity index (χ0) is 13.7. The van der Waals surface area contributed by atoms with Gasteiger partial charge in [0.1, 0.15) is 0 Å². The van der Waals surface area contributed by atoms with Crippen LogP contribution in [0, 0.1) is 5.92 Å². The molecule has 0 radical (unpaired) electrons. The highest BCUT2D eigenvalue weighted by atomic mass is 16.5. The Labute approximate surface area is 117 Å². The molecule has 1 aliphatic rings. The summed E-state index contributed by atoms with van der Waals surface area (Å²) >= 11 is 0. The maximum Gasteiger partial charge on any atom is 0.0769 e. The Morgan fingerprint density at radius 2 is 1.95 bits per heavy atom. The molecule has 2 rings (SSSR count). The van der Waals surface area contributed by atoms with Crippen molar-refractivity contribution in [2.45, 2.75) is 51.7 Å². The molecule has 0 aromatic heterocycles. The maximum atomic E-state index is 5.92. The molecule has 1 fully saturated rings. The third-order valence-corrected chi connectivity index (χ3v) is 3.88. The molecule has 1 saturated heterocycles. The van der Waals surface area contributed by atoms with Gasteiger partial charge in [0.2, 0.25) is 0 Å². The molecule has 1 aliphatic heterocycles. The van der Waals surface area contributed by atoms with Crippen molar-refractivity contribution in [1.29, 1.82) is 0 Å². The summed E-state index contributed by atoms with van der Waals surface area (Å²) in [6.45, 7) is 5.44. The monoisotopic (exact) mass is 261 g/mol. The first-order valence-corrected chi connectivity index (χ1v) is 7.58. The van der Waals surface area contributed by atoms with Gasteiger partial charge in [-0.1, -0.05) is 38.1 Å². The Morgan fingerprint density at radius 3 is 2.47 bits per heavy atom. The fourth-order valence-corrected chi connectivity index (χ4v) is 2.93. The summed E-state index contributed by atoms with van der Waals surface area (Å²) in [6.07, 6.45) is 5.15. The van der Waals surface area contributed by atoms with Crippen LogP contribution in [0.15, 0.2) is 24.3 Å². The highest BCUT2D eigenvalue weighted by Gasteiger charge is 2.24. The van der Waals surface area contributed by atoms with E-state index in [1.807, 2.05) is 7.05 Å². The lowest BCUT2D eigenvalue weighted by Crippen LogP contribution is -2.34. The summed E-state index contributed by atoms with van der Waals surface area (Å²) < 4.78 is 5.92. The van der Waals surface area contributed by atoms with Crippen molar-refractivity contribution >= 4 is 0 Å². The molecule has 1 heterocycles. The van der Waals surface area contributed by atoms with E-state index in [-0.39, 0.29) is 0 Å². The van der Waals surface area contributed by atoms with Crippen LogP contribution in [0.2, 0.25) is 0 Å². The number of ether oxygens (including phenoxy) is 1. The first-order valence-electron chi connectivity index (χ1n) is 7.58. The Hall–Kier alpha value is -0.860.